The molecule has 4 rings (SSSR count). The Hall–Kier alpha value is -3.41. The number of rotatable bonds is 3. The van der Waals surface area contributed by atoms with Crippen molar-refractivity contribution < 1.29 is 0 Å². The molecule has 0 spiro atoms. The minimum absolute atomic E-state index is 0.506. The van der Waals surface area contributed by atoms with E-state index >= 15 is 0 Å². The quantitative estimate of drug-likeness (QED) is 0.628. The first kappa shape index (κ1) is 14.2. The number of benzene rings is 2. The van der Waals surface area contributed by atoms with E-state index < -0.39 is 0 Å². The fraction of sp³-hybridized carbons (Fsp3) is 0.0556. The van der Waals surface area contributed by atoms with Crippen LogP contribution in [0.2, 0.25) is 0 Å². The standard InChI is InChI=1S/C18H16N6/c1-23(13-7-3-2-4-8-13)17-16(19)18(21-11-20-17)24-12-22-14-9-5-6-10-15(14)24/h2-12H,19H2,1H3. The molecule has 0 atom stereocenters. The Labute approximate surface area is 139 Å². The van der Waals surface area contributed by atoms with Crippen LogP contribution in [0.3, 0.4) is 0 Å². The minimum Gasteiger partial charge on any atom is -0.393 e. The summed E-state index contributed by atoms with van der Waals surface area (Å²) < 4.78 is 1.88. The summed E-state index contributed by atoms with van der Waals surface area (Å²) in [7, 11) is 1.93. The SMILES string of the molecule is CN(c1ccccc1)c1ncnc(-n2cnc3ccccc32)c1N. The average molecular weight is 316 g/mol. The number of nitrogens with zero attached hydrogens (tertiary/aromatic N) is 5. The first-order valence-electron chi connectivity index (χ1n) is 7.57. The molecule has 0 amide bonds. The summed E-state index contributed by atoms with van der Waals surface area (Å²) in [5.74, 6) is 1.28. The molecule has 0 unspecified atom stereocenters. The van der Waals surface area contributed by atoms with E-state index in [9.17, 15) is 0 Å². The van der Waals surface area contributed by atoms with Gasteiger partial charge in [-0.2, -0.15) is 0 Å². The first-order valence-corrected chi connectivity index (χ1v) is 7.57. The van der Waals surface area contributed by atoms with Crippen LogP contribution in [0.4, 0.5) is 17.2 Å². The third-order valence-electron chi connectivity index (χ3n) is 3.98. The van der Waals surface area contributed by atoms with E-state index in [0.29, 0.717) is 17.3 Å². The van der Waals surface area contributed by atoms with Gasteiger partial charge in [0.2, 0.25) is 0 Å². The zero-order valence-electron chi connectivity index (χ0n) is 13.2. The van der Waals surface area contributed by atoms with E-state index in [0.717, 1.165) is 16.7 Å². The molecule has 118 valence electrons. The van der Waals surface area contributed by atoms with E-state index in [4.69, 9.17) is 5.73 Å². The molecule has 0 aliphatic carbocycles. The summed E-state index contributed by atoms with van der Waals surface area (Å²) in [6.07, 6.45) is 3.25. The maximum absolute atomic E-state index is 6.39. The lowest BCUT2D eigenvalue weighted by molar-refractivity contribution is 0.986. The molecule has 2 aromatic heterocycles. The van der Waals surface area contributed by atoms with Gasteiger partial charge >= 0.3 is 0 Å². The Bertz CT molecular complexity index is 993. The highest BCUT2D eigenvalue weighted by atomic mass is 15.2. The number of anilines is 3. The maximum Gasteiger partial charge on any atom is 0.167 e. The largest absolute Gasteiger partial charge is 0.393 e. The second-order valence-electron chi connectivity index (χ2n) is 5.43. The molecule has 0 aliphatic rings. The lowest BCUT2D eigenvalue weighted by atomic mass is 10.3. The Morgan fingerprint density at radius 3 is 2.50 bits per heavy atom. The summed E-state index contributed by atoms with van der Waals surface area (Å²) in [6.45, 7) is 0. The monoisotopic (exact) mass is 316 g/mol. The van der Waals surface area contributed by atoms with E-state index in [1.165, 1.54) is 6.33 Å². The number of aromatic nitrogens is 4. The minimum atomic E-state index is 0.506. The van der Waals surface area contributed by atoms with Crippen molar-refractivity contribution in [3.63, 3.8) is 0 Å². The summed E-state index contributed by atoms with van der Waals surface area (Å²) in [5.41, 5.74) is 9.75. The predicted molar refractivity (Wildman–Crippen MR) is 95.6 cm³/mol. The van der Waals surface area contributed by atoms with Crippen LogP contribution in [0.1, 0.15) is 0 Å². The molecule has 4 aromatic rings. The van der Waals surface area contributed by atoms with E-state index in [1.807, 2.05) is 71.1 Å². The molecule has 0 aliphatic heterocycles. The zero-order chi connectivity index (χ0) is 16.5. The average Bonchev–Trinajstić information content (AvgIpc) is 3.06. The Kier molecular flexibility index (Phi) is 3.35. The van der Waals surface area contributed by atoms with E-state index in [2.05, 4.69) is 15.0 Å². The van der Waals surface area contributed by atoms with Gasteiger partial charge in [-0.05, 0) is 24.3 Å². The van der Waals surface area contributed by atoms with Crippen LogP contribution in [-0.4, -0.2) is 26.6 Å². The third-order valence-corrected chi connectivity index (χ3v) is 3.98. The Morgan fingerprint density at radius 2 is 1.67 bits per heavy atom. The molecule has 0 bridgehead atoms. The lowest BCUT2D eigenvalue weighted by Gasteiger charge is -2.21. The number of para-hydroxylation sites is 3. The highest BCUT2D eigenvalue weighted by molar-refractivity contribution is 5.81. The van der Waals surface area contributed by atoms with Crippen LogP contribution in [0.5, 0.6) is 0 Å². The van der Waals surface area contributed by atoms with Gasteiger partial charge in [-0.3, -0.25) is 4.57 Å². The van der Waals surface area contributed by atoms with Gasteiger partial charge in [-0.15, -0.1) is 0 Å². The molecule has 2 aromatic carbocycles. The molecular formula is C18H16N6. The van der Waals surface area contributed by atoms with Crippen molar-refractivity contribution in [3.8, 4) is 5.82 Å². The summed E-state index contributed by atoms with van der Waals surface area (Å²) in [4.78, 5) is 15.1. The van der Waals surface area contributed by atoms with Crippen molar-refractivity contribution in [1.29, 1.82) is 0 Å². The number of hydrogen-bond donors (Lipinski definition) is 1. The number of hydrogen-bond acceptors (Lipinski definition) is 5. The van der Waals surface area contributed by atoms with Crippen LogP contribution in [0, 0.1) is 0 Å². The van der Waals surface area contributed by atoms with Crippen molar-refractivity contribution >= 4 is 28.2 Å². The summed E-state index contributed by atoms with van der Waals surface area (Å²) >= 11 is 0. The molecule has 0 saturated heterocycles. The van der Waals surface area contributed by atoms with Gasteiger partial charge in [0.05, 0.1) is 11.0 Å². The van der Waals surface area contributed by atoms with Crippen molar-refractivity contribution in [2.75, 3.05) is 17.7 Å². The molecule has 0 saturated carbocycles. The first-order chi connectivity index (χ1) is 11.8. The molecule has 0 radical (unpaired) electrons. The maximum atomic E-state index is 6.39. The van der Waals surface area contributed by atoms with Gasteiger partial charge in [0.1, 0.15) is 18.3 Å². The smallest absolute Gasteiger partial charge is 0.167 e. The third kappa shape index (κ3) is 2.25. The summed E-state index contributed by atoms with van der Waals surface area (Å²) in [6, 6.07) is 17.8. The van der Waals surface area contributed by atoms with Crippen LogP contribution in [-0.2, 0) is 0 Å². The normalized spacial score (nSPS) is 10.9. The Morgan fingerprint density at radius 1 is 0.917 bits per heavy atom. The fourth-order valence-corrected chi connectivity index (χ4v) is 2.74. The van der Waals surface area contributed by atoms with Gasteiger partial charge in [0.25, 0.3) is 0 Å². The highest BCUT2D eigenvalue weighted by Gasteiger charge is 2.16. The van der Waals surface area contributed by atoms with Gasteiger partial charge in [-0.1, -0.05) is 30.3 Å². The van der Waals surface area contributed by atoms with Crippen LogP contribution >= 0.6 is 0 Å². The van der Waals surface area contributed by atoms with Crippen molar-refractivity contribution in [2.45, 2.75) is 0 Å². The zero-order valence-corrected chi connectivity index (χ0v) is 13.2. The van der Waals surface area contributed by atoms with Crippen molar-refractivity contribution in [2.24, 2.45) is 0 Å². The predicted octanol–water partition coefficient (Wildman–Crippen LogP) is 3.17. The Balaban J connectivity index is 1.84. The molecule has 0 fully saturated rings. The number of imidazole rings is 1. The number of nitrogen functional groups attached to an aromatic ring is 1. The molecule has 24 heavy (non-hydrogen) atoms. The van der Waals surface area contributed by atoms with Gasteiger partial charge < -0.3 is 10.6 Å². The van der Waals surface area contributed by atoms with Crippen LogP contribution < -0.4 is 10.6 Å². The van der Waals surface area contributed by atoms with Gasteiger partial charge in [0, 0.05) is 12.7 Å². The van der Waals surface area contributed by atoms with Gasteiger partial charge in [-0.25, -0.2) is 15.0 Å². The number of fused-ring (bicyclic) bond motifs is 1. The molecule has 6 heteroatoms. The fourth-order valence-electron chi connectivity index (χ4n) is 2.74. The number of nitrogens with two attached hydrogens (primary N) is 1. The highest BCUT2D eigenvalue weighted by Crippen LogP contribution is 2.30. The molecule has 6 nitrogen and oxygen atoms in total. The topological polar surface area (TPSA) is 72.9 Å². The van der Waals surface area contributed by atoms with E-state index in [1.54, 1.807) is 6.33 Å². The second-order valence-corrected chi connectivity index (χ2v) is 5.43. The van der Waals surface area contributed by atoms with Crippen molar-refractivity contribution in [1.82, 2.24) is 19.5 Å². The van der Waals surface area contributed by atoms with E-state index in [-0.39, 0.29) is 0 Å². The second kappa shape index (κ2) is 5.66. The van der Waals surface area contributed by atoms with Crippen LogP contribution in [0.25, 0.3) is 16.9 Å². The lowest BCUT2D eigenvalue weighted by Crippen LogP contribution is -2.15. The molecule has 2 N–H and O–H groups in total. The van der Waals surface area contributed by atoms with Crippen LogP contribution in [0.15, 0.2) is 67.3 Å². The van der Waals surface area contributed by atoms with Gasteiger partial charge in [0.15, 0.2) is 11.6 Å². The van der Waals surface area contributed by atoms with Crippen molar-refractivity contribution in [3.05, 3.63) is 67.3 Å². The summed E-state index contributed by atoms with van der Waals surface area (Å²) in [5, 5.41) is 0. The molecule has 2 heterocycles. The molecular weight excluding hydrogens is 300 g/mol.